The molecule has 0 bridgehead atoms. The molecule has 0 saturated heterocycles. The highest BCUT2D eigenvalue weighted by Gasteiger charge is 2.12. The second-order valence-corrected chi connectivity index (χ2v) is 5.62. The minimum atomic E-state index is -0.347. The highest BCUT2D eigenvalue weighted by atomic mass is 16.5. The third-order valence-corrected chi connectivity index (χ3v) is 3.85. The number of aromatic amines is 1. The molecule has 0 fully saturated rings. The van der Waals surface area contributed by atoms with Crippen LogP contribution in [-0.2, 0) is 17.7 Å². The van der Waals surface area contributed by atoms with E-state index >= 15 is 0 Å². The van der Waals surface area contributed by atoms with Crippen LogP contribution in [0, 0.1) is 0 Å². The van der Waals surface area contributed by atoms with Gasteiger partial charge in [-0.25, -0.2) is 4.68 Å². The van der Waals surface area contributed by atoms with E-state index in [0.717, 1.165) is 5.82 Å². The van der Waals surface area contributed by atoms with Crippen molar-refractivity contribution in [2.45, 2.75) is 13.0 Å². The molecule has 0 aliphatic carbocycles. The van der Waals surface area contributed by atoms with Crippen LogP contribution in [0.25, 0.3) is 5.69 Å². The van der Waals surface area contributed by atoms with E-state index in [2.05, 4.69) is 20.6 Å². The van der Waals surface area contributed by atoms with E-state index in [4.69, 9.17) is 4.74 Å². The van der Waals surface area contributed by atoms with Crippen molar-refractivity contribution in [2.75, 3.05) is 20.3 Å². The van der Waals surface area contributed by atoms with Gasteiger partial charge >= 0.3 is 0 Å². The Bertz CT molecular complexity index is 912. The summed E-state index contributed by atoms with van der Waals surface area (Å²) in [5.41, 5.74) is 0.586. The standard InChI is InChI=1S/C17H20N6O3/c1-26-10-9-22-12-19-20-15(22)7-8-18-17(25)14-11-16(24)23(21-14)13-5-3-2-4-6-13/h2-6,11-12,21H,7-10H2,1H3,(H,18,25). The molecule has 1 aromatic carbocycles. The number of nitrogens with zero attached hydrogens (tertiary/aromatic N) is 4. The van der Waals surface area contributed by atoms with Gasteiger partial charge in [0.05, 0.1) is 12.3 Å². The number of aromatic nitrogens is 5. The molecule has 136 valence electrons. The molecule has 0 unspecified atom stereocenters. The summed E-state index contributed by atoms with van der Waals surface area (Å²) >= 11 is 0. The van der Waals surface area contributed by atoms with Crippen LogP contribution in [0.15, 0.2) is 47.5 Å². The SMILES string of the molecule is COCCn1cnnc1CCNC(=O)c1cc(=O)n(-c2ccccc2)[nH]1. The number of methoxy groups -OCH3 is 1. The number of amides is 1. The van der Waals surface area contributed by atoms with Crippen molar-refractivity contribution in [3.05, 3.63) is 64.6 Å². The van der Waals surface area contributed by atoms with Gasteiger partial charge in [-0.15, -0.1) is 10.2 Å². The molecule has 0 aliphatic rings. The third-order valence-electron chi connectivity index (χ3n) is 3.85. The van der Waals surface area contributed by atoms with Gasteiger partial charge in [0, 0.05) is 32.7 Å². The third kappa shape index (κ3) is 4.06. The largest absolute Gasteiger partial charge is 0.383 e. The van der Waals surface area contributed by atoms with E-state index in [1.54, 1.807) is 25.6 Å². The van der Waals surface area contributed by atoms with Crippen molar-refractivity contribution in [3.63, 3.8) is 0 Å². The Morgan fingerprint density at radius 3 is 2.88 bits per heavy atom. The number of carbonyl (C=O) groups is 1. The average Bonchev–Trinajstić information content (AvgIpc) is 3.27. The van der Waals surface area contributed by atoms with Crippen molar-refractivity contribution in [1.82, 2.24) is 29.9 Å². The number of H-pyrrole nitrogens is 1. The number of carbonyl (C=O) groups excluding carboxylic acids is 1. The maximum absolute atomic E-state index is 12.3. The number of benzene rings is 1. The fourth-order valence-corrected chi connectivity index (χ4v) is 2.51. The maximum atomic E-state index is 12.3. The minimum Gasteiger partial charge on any atom is -0.383 e. The Balaban J connectivity index is 1.59. The fourth-order valence-electron chi connectivity index (χ4n) is 2.51. The van der Waals surface area contributed by atoms with Gasteiger partial charge in [0.2, 0.25) is 0 Å². The Morgan fingerprint density at radius 1 is 1.31 bits per heavy atom. The van der Waals surface area contributed by atoms with E-state index in [1.165, 1.54) is 10.7 Å². The first kappa shape index (κ1) is 17.6. The lowest BCUT2D eigenvalue weighted by atomic mass is 10.3. The Labute approximate surface area is 149 Å². The van der Waals surface area contributed by atoms with Crippen molar-refractivity contribution in [2.24, 2.45) is 0 Å². The van der Waals surface area contributed by atoms with Crippen LogP contribution < -0.4 is 10.9 Å². The molecule has 2 N–H and O–H groups in total. The van der Waals surface area contributed by atoms with Crippen LogP contribution in [0.2, 0.25) is 0 Å². The average molecular weight is 356 g/mol. The van der Waals surface area contributed by atoms with Crippen LogP contribution in [0.3, 0.4) is 0 Å². The topological polar surface area (TPSA) is 107 Å². The maximum Gasteiger partial charge on any atom is 0.271 e. The summed E-state index contributed by atoms with van der Waals surface area (Å²) in [6.07, 6.45) is 2.16. The second kappa shape index (κ2) is 8.26. The number of para-hydroxylation sites is 1. The highest BCUT2D eigenvalue weighted by molar-refractivity contribution is 5.92. The number of nitrogens with one attached hydrogen (secondary N) is 2. The van der Waals surface area contributed by atoms with E-state index in [0.29, 0.717) is 31.8 Å². The lowest BCUT2D eigenvalue weighted by Gasteiger charge is -2.06. The van der Waals surface area contributed by atoms with Crippen LogP contribution in [-0.4, -0.2) is 50.7 Å². The molecule has 1 amide bonds. The molecule has 3 aromatic rings. The molecule has 0 aliphatic heterocycles. The number of hydrogen-bond donors (Lipinski definition) is 2. The van der Waals surface area contributed by atoms with Crippen LogP contribution in [0.1, 0.15) is 16.3 Å². The van der Waals surface area contributed by atoms with Gasteiger partial charge in [-0.05, 0) is 12.1 Å². The molecule has 0 spiro atoms. The zero-order valence-electron chi connectivity index (χ0n) is 14.4. The van der Waals surface area contributed by atoms with Crippen LogP contribution in [0.4, 0.5) is 0 Å². The lowest BCUT2D eigenvalue weighted by Crippen LogP contribution is -2.27. The molecule has 2 aromatic heterocycles. The van der Waals surface area contributed by atoms with Gasteiger partial charge in [-0.2, -0.15) is 0 Å². The van der Waals surface area contributed by atoms with Crippen molar-refractivity contribution >= 4 is 5.91 Å². The summed E-state index contributed by atoms with van der Waals surface area (Å²) in [4.78, 5) is 24.3. The summed E-state index contributed by atoms with van der Waals surface area (Å²) < 4.78 is 8.25. The first-order valence-corrected chi connectivity index (χ1v) is 8.20. The van der Waals surface area contributed by atoms with Crippen LogP contribution in [0.5, 0.6) is 0 Å². The van der Waals surface area contributed by atoms with Gasteiger partial charge in [0.25, 0.3) is 11.5 Å². The molecule has 3 rings (SSSR count). The van der Waals surface area contributed by atoms with E-state index in [1.807, 2.05) is 22.8 Å². The van der Waals surface area contributed by atoms with E-state index in [-0.39, 0.29) is 17.2 Å². The number of rotatable bonds is 8. The van der Waals surface area contributed by atoms with E-state index < -0.39 is 0 Å². The molecule has 0 saturated carbocycles. The monoisotopic (exact) mass is 356 g/mol. The van der Waals surface area contributed by atoms with Crippen LogP contribution >= 0.6 is 0 Å². The first-order chi connectivity index (χ1) is 12.7. The fraction of sp³-hybridized carbons (Fsp3) is 0.294. The molecule has 9 heteroatoms. The van der Waals surface area contributed by atoms with Gasteiger partial charge in [-0.1, -0.05) is 18.2 Å². The quantitative estimate of drug-likeness (QED) is 0.607. The van der Waals surface area contributed by atoms with Gasteiger partial charge in [0.15, 0.2) is 0 Å². The van der Waals surface area contributed by atoms with Crippen molar-refractivity contribution in [1.29, 1.82) is 0 Å². The smallest absolute Gasteiger partial charge is 0.271 e. The minimum absolute atomic E-state index is 0.208. The normalized spacial score (nSPS) is 10.8. The molecular formula is C17H20N6O3. The predicted octanol–water partition coefficient (Wildman–Crippen LogP) is 0.376. The van der Waals surface area contributed by atoms with Crippen molar-refractivity contribution < 1.29 is 9.53 Å². The lowest BCUT2D eigenvalue weighted by molar-refractivity contribution is 0.0948. The van der Waals surface area contributed by atoms with Crippen molar-refractivity contribution in [3.8, 4) is 5.69 Å². The summed E-state index contributed by atoms with van der Waals surface area (Å²) in [6, 6.07) is 10.4. The molecule has 0 atom stereocenters. The molecule has 26 heavy (non-hydrogen) atoms. The zero-order chi connectivity index (χ0) is 18.4. The molecule has 9 nitrogen and oxygen atoms in total. The Hall–Kier alpha value is -3.20. The Kier molecular flexibility index (Phi) is 5.59. The zero-order valence-corrected chi connectivity index (χ0v) is 14.4. The van der Waals surface area contributed by atoms with Gasteiger partial charge in [0.1, 0.15) is 17.8 Å². The summed E-state index contributed by atoms with van der Waals surface area (Å²) in [5.74, 6) is 0.414. The first-order valence-electron chi connectivity index (χ1n) is 8.20. The molecule has 0 radical (unpaired) electrons. The summed E-state index contributed by atoms with van der Waals surface area (Å²) in [5, 5.41) is 13.5. The Morgan fingerprint density at radius 2 is 2.12 bits per heavy atom. The molecular weight excluding hydrogens is 336 g/mol. The number of ether oxygens (including phenoxy) is 1. The highest BCUT2D eigenvalue weighted by Crippen LogP contribution is 2.03. The summed E-state index contributed by atoms with van der Waals surface area (Å²) in [7, 11) is 1.63. The number of hydrogen-bond acceptors (Lipinski definition) is 5. The molecule has 2 heterocycles. The predicted molar refractivity (Wildman–Crippen MR) is 94.3 cm³/mol. The van der Waals surface area contributed by atoms with E-state index in [9.17, 15) is 9.59 Å². The van der Waals surface area contributed by atoms with Gasteiger partial charge < -0.3 is 14.6 Å². The second-order valence-electron chi connectivity index (χ2n) is 5.62. The van der Waals surface area contributed by atoms with Gasteiger partial charge in [-0.3, -0.25) is 14.7 Å². The summed E-state index contributed by atoms with van der Waals surface area (Å²) in [6.45, 7) is 1.59.